The lowest BCUT2D eigenvalue weighted by Gasteiger charge is -2.11. The Balaban J connectivity index is 1.70. The lowest BCUT2D eigenvalue weighted by atomic mass is 10.1. The maximum Gasteiger partial charge on any atom is 0.241 e. The van der Waals surface area contributed by atoms with Gasteiger partial charge in [0.05, 0.1) is 6.04 Å². The number of nitrogens with zero attached hydrogens (tertiary/aromatic N) is 1. The molecule has 0 saturated heterocycles. The second-order valence-electron chi connectivity index (χ2n) is 5.75. The first-order chi connectivity index (χ1) is 10.2. The van der Waals surface area contributed by atoms with Gasteiger partial charge >= 0.3 is 0 Å². The fourth-order valence-corrected chi connectivity index (χ4v) is 2.32. The summed E-state index contributed by atoms with van der Waals surface area (Å²) in [4.78, 5) is 16.5. The molecule has 1 saturated carbocycles. The predicted octanol–water partition coefficient (Wildman–Crippen LogP) is 3.16. The van der Waals surface area contributed by atoms with Crippen molar-refractivity contribution in [2.24, 2.45) is 5.73 Å². The van der Waals surface area contributed by atoms with Gasteiger partial charge in [-0.15, -0.1) is 0 Å². The summed E-state index contributed by atoms with van der Waals surface area (Å²) in [5, 5.41) is 2.85. The zero-order chi connectivity index (χ0) is 14.8. The molecular formula is C16H21N3O2. The van der Waals surface area contributed by atoms with Gasteiger partial charge in [-0.3, -0.25) is 4.79 Å². The van der Waals surface area contributed by atoms with Crippen molar-refractivity contribution in [2.45, 2.75) is 51.0 Å². The summed E-state index contributed by atoms with van der Waals surface area (Å²) in [6.45, 7) is 2.08. The third kappa shape index (κ3) is 3.24. The zero-order valence-electron chi connectivity index (χ0n) is 12.3. The summed E-state index contributed by atoms with van der Waals surface area (Å²) in [5.74, 6) is 1.15. The second kappa shape index (κ2) is 5.85. The second-order valence-corrected chi connectivity index (χ2v) is 5.75. The van der Waals surface area contributed by atoms with Crippen LogP contribution in [0.5, 0.6) is 0 Å². The molecule has 1 aromatic carbocycles. The maximum absolute atomic E-state index is 12.0. The number of nitrogens with two attached hydrogens (primary N) is 1. The minimum absolute atomic E-state index is 0.145. The Morgan fingerprint density at radius 1 is 1.52 bits per heavy atom. The van der Waals surface area contributed by atoms with Gasteiger partial charge in [0.1, 0.15) is 5.52 Å². The van der Waals surface area contributed by atoms with E-state index in [0.29, 0.717) is 12.3 Å². The van der Waals surface area contributed by atoms with Gasteiger partial charge in [-0.1, -0.05) is 19.8 Å². The average molecular weight is 287 g/mol. The predicted molar refractivity (Wildman–Crippen MR) is 82.1 cm³/mol. The van der Waals surface area contributed by atoms with Crippen molar-refractivity contribution in [1.82, 2.24) is 4.98 Å². The smallest absolute Gasteiger partial charge is 0.241 e. The quantitative estimate of drug-likeness (QED) is 0.855. The fraction of sp³-hybridized carbons (Fsp3) is 0.500. The Morgan fingerprint density at radius 3 is 3.05 bits per heavy atom. The van der Waals surface area contributed by atoms with Crippen molar-refractivity contribution in [3.8, 4) is 0 Å². The lowest BCUT2D eigenvalue weighted by Crippen LogP contribution is -2.35. The number of hydrogen-bond donors (Lipinski definition) is 2. The molecule has 1 heterocycles. The van der Waals surface area contributed by atoms with Gasteiger partial charge in [0, 0.05) is 11.6 Å². The van der Waals surface area contributed by atoms with Crippen molar-refractivity contribution < 1.29 is 9.21 Å². The molecule has 1 atom stereocenters. The first-order valence-corrected chi connectivity index (χ1v) is 7.64. The third-order valence-corrected chi connectivity index (χ3v) is 3.80. The number of carbonyl (C=O) groups excluding carboxylic acids is 1. The van der Waals surface area contributed by atoms with E-state index >= 15 is 0 Å². The Hall–Kier alpha value is -1.88. The molecule has 1 aliphatic carbocycles. The van der Waals surface area contributed by atoms with Gasteiger partial charge in [0.2, 0.25) is 5.91 Å². The number of rotatable bonds is 6. The summed E-state index contributed by atoms with van der Waals surface area (Å²) >= 11 is 0. The average Bonchev–Trinajstić information content (AvgIpc) is 3.24. The van der Waals surface area contributed by atoms with Crippen LogP contribution in [-0.4, -0.2) is 16.9 Å². The topological polar surface area (TPSA) is 81.2 Å². The van der Waals surface area contributed by atoms with Crippen LogP contribution in [0.3, 0.4) is 0 Å². The van der Waals surface area contributed by atoms with Crippen molar-refractivity contribution in [3.63, 3.8) is 0 Å². The molecule has 0 aliphatic heterocycles. The number of hydrogen-bond acceptors (Lipinski definition) is 4. The lowest BCUT2D eigenvalue weighted by molar-refractivity contribution is -0.117. The molecule has 0 spiro atoms. The number of unbranched alkanes of at least 4 members (excludes halogenated alkanes) is 1. The molecule has 1 amide bonds. The summed E-state index contributed by atoms with van der Waals surface area (Å²) in [7, 11) is 0. The number of fused-ring (bicyclic) bond motifs is 1. The summed E-state index contributed by atoms with van der Waals surface area (Å²) < 4.78 is 5.70. The molecule has 3 rings (SSSR count). The van der Waals surface area contributed by atoms with E-state index in [9.17, 15) is 4.79 Å². The van der Waals surface area contributed by atoms with E-state index in [2.05, 4.69) is 17.2 Å². The molecule has 0 bridgehead atoms. The number of nitrogens with one attached hydrogen (secondary N) is 1. The van der Waals surface area contributed by atoms with Crippen LogP contribution in [0.4, 0.5) is 5.69 Å². The Bertz CT molecular complexity index is 646. The highest BCUT2D eigenvalue weighted by Crippen LogP contribution is 2.40. The highest BCUT2D eigenvalue weighted by atomic mass is 16.3. The monoisotopic (exact) mass is 287 g/mol. The highest BCUT2D eigenvalue weighted by Gasteiger charge is 2.28. The first-order valence-electron chi connectivity index (χ1n) is 7.64. The SMILES string of the molecule is CCCC[C@H](N)C(=O)Nc1ccc2oc(C3CC3)nc2c1. The molecule has 0 unspecified atom stereocenters. The van der Waals surface area contributed by atoms with E-state index in [4.69, 9.17) is 10.2 Å². The fourth-order valence-electron chi connectivity index (χ4n) is 2.32. The zero-order valence-corrected chi connectivity index (χ0v) is 12.3. The minimum Gasteiger partial charge on any atom is -0.440 e. The van der Waals surface area contributed by atoms with E-state index in [1.54, 1.807) is 0 Å². The number of amides is 1. The number of oxazole rings is 1. The van der Waals surface area contributed by atoms with E-state index < -0.39 is 6.04 Å². The standard InChI is InChI=1S/C16H21N3O2/c1-2-3-4-12(17)15(20)18-11-7-8-14-13(9-11)19-16(21-14)10-5-6-10/h7-10,12H,2-6,17H2,1H3,(H,18,20)/t12-/m0/s1. The van der Waals surface area contributed by atoms with Crippen molar-refractivity contribution in [2.75, 3.05) is 5.32 Å². The molecule has 112 valence electrons. The van der Waals surface area contributed by atoms with Crippen LogP contribution in [-0.2, 0) is 4.79 Å². The highest BCUT2D eigenvalue weighted by molar-refractivity contribution is 5.96. The van der Waals surface area contributed by atoms with Crippen molar-refractivity contribution in [3.05, 3.63) is 24.1 Å². The van der Waals surface area contributed by atoms with Crippen LogP contribution in [0.25, 0.3) is 11.1 Å². The largest absolute Gasteiger partial charge is 0.440 e. The number of carbonyl (C=O) groups is 1. The van der Waals surface area contributed by atoms with E-state index in [1.807, 2.05) is 18.2 Å². The summed E-state index contributed by atoms with van der Waals surface area (Å²) in [5.41, 5.74) is 8.14. The molecule has 5 heteroatoms. The van der Waals surface area contributed by atoms with Crippen molar-refractivity contribution >= 4 is 22.7 Å². The van der Waals surface area contributed by atoms with Crippen molar-refractivity contribution in [1.29, 1.82) is 0 Å². The molecule has 1 fully saturated rings. The summed E-state index contributed by atoms with van der Waals surface area (Å²) in [6.07, 6.45) is 5.02. The van der Waals surface area contributed by atoms with Gasteiger partial charge in [0.15, 0.2) is 11.5 Å². The number of aromatic nitrogens is 1. The molecule has 1 aliphatic rings. The van der Waals surface area contributed by atoms with Crippen LogP contribution in [0, 0.1) is 0 Å². The normalized spacial score (nSPS) is 16.1. The van der Waals surface area contributed by atoms with Gasteiger partial charge in [-0.25, -0.2) is 4.98 Å². The number of anilines is 1. The Labute approximate surface area is 123 Å². The molecule has 21 heavy (non-hydrogen) atoms. The van der Waals surface area contributed by atoms with E-state index in [-0.39, 0.29) is 5.91 Å². The van der Waals surface area contributed by atoms with Gasteiger partial charge in [-0.2, -0.15) is 0 Å². The van der Waals surface area contributed by atoms with Crippen LogP contribution in [0.1, 0.15) is 50.8 Å². The molecular weight excluding hydrogens is 266 g/mol. The van der Waals surface area contributed by atoms with E-state index in [0.717, 1.165) is 48.4 Å². The maximum atomic E-state index is 12.0. The molecule has 2 aromatic rings. The minimum atomic E-state index is -0.458. The van der Waals surface area contributed by atoms with Crippen LogP contribution >= 0.6 is 0 Å². The van der Waals surface area contributed by atoms with Gasteiger partial charge in [0.25, 0.3) is 0 Å². The van der Waals surface area contributed by atoms with Gasteiger partial charge in [-0.05, 0) is 37.5 Å². The third-order valence-electron chi connectivity index (χ3n) is 3.80. The summed E-state index contributed by atoms with van der Waals surface area (Å²) in [6, 6.07) is 5.06. The molecule has 1 aromatic heterocycles. The van der Waals surface area contributed by atoms with Gasteiger partial charge < -0.3 is 15.5 Å². The Morgan fingerprint density at radius 2 is 2.33 bits per heavy atom. The van der Waals surface area contributed by atoms with Crippen LogP contribution in [0.15, 0.2) is 22.6 Å². The van der Waals surface area contributed by atoms with Crippen LogP contribution < -0.4 is 11.1 Å². The van der Waals surface area contributed by atoms with Crippen LogP contribution in [0.2, 0.25) is 0 Å². The molecule has 5 nitrogen and oxygen atoms in total. The molecule has 3 N–H and O–H groups in total. The number of benzene rings is 1. The molecule has 0 radical (unpaired) electrons. The Kier molecular flexibility index (Phi) is 3.92. The van der Waals surface area contributed by atoms with E-state index in [1.165, 1.54) is 0 Å². The first kappa shape index (κ1) is 14.1.